The highest BCUT2D eigenvalue weighted by Gasteiger charge is 2.41. The molecule has 2 aromatic rings. The van der Waals surface area contributed by atoms with E-state index in [-0.39, 0.29) is 40.8 Å². The molecule has 2 aromatic carbocycles. The van der Waals surface area contributed by atoms with E-state index in [0.29, 0.717) is 0 Å². The molecule has 10 heteroatoms. The Hall–Kier alpha value is -3.33. The van der Waals surface area contributed by atoms with E-state index in [0.717, 1.165) is 47.4 Å². The standard InChI is InChI=1S/C22H18ClF2N3O4/c23-15-4-2-14(3-5-15)22(24,25)21(32)26-10-12-1-6-16-13(9-12)11-28(20(16)31)17-7-8-18(29)27-19(17)30/h1-6,9,17H,7-8,10-11H2,(H,26,32)(H,27,29,30)/t17-/m0/s1/i10D2,17D/hD2. The fourth-order valence-corrected chi connectivity index (χ4v) is 3.52. The van der Waals surface area contributed by atoms with Crippen LogP contribution in [0.1, 0.15) is 44.0 Å². The monoisotopic (exact) mass is 466 g/mol. The Morgan fingerprint density at radius 3 is 2.75 bits per heavy atom. The van der Waals surface area contributed by atoms with Crippen molar-refractivity contribution in [3.05, 3.63) is 69.7 Å². The van der Waals surface area contributed by atoms with Crippen LogP contribution in [0.4, 0.5) is 8.78 Å². The van der Waals surface area contributed by atoms with Crippen LogP contribution >= 0.6 is 11.6 Å². The van der Waals surface area contributed by atoms with E-state index in [2.05, 4.69) is 0 Å². The number of carbonyl (C=O) groups is 4. The van der Waals surface area contributed by atoms with Crippen molar-refractivity contribution >= 4 is 35.2 Å². The van der Waals surface area contributed by atoms with Crippen molar-refractivity contribution in [2.75, 3.05) is 0 Å². The summed E-state index contributed by atoms with van der Waals surface area (Å²) in [4.78, 5) is 50.4. The number of fused-ring (bicyclic) bond motifs is 1. The maximum Gasteiger partial charge on any atom is 0.349 e. The second-order valence-corrected chi connectivity index (χ2v) is 7.57. The molecule has 0 spiro atoms. The fraction of sp³-hybridized carbons (Fsp3) is 0.273. The number of piperidine rings is 1. The molecule has 0 unspecified atom stereocenters. The Balaban J connectivity index is 1.61. The van der Waals surface area contributed by atoms with Crippen molar-refractivity contribution < 1.29 is 34.9 Å². The van der Waals surface area contributed by atoms with Crippen LogP contribution in [0, 0.1) is 0 Å². The molecule has 32 heavy (non-hydrogen) atoms. The molecule has 4 rings (SSSR count). The highest BCUT2D eigenvalue weighted by Crippen LogP contribution is 2.30. The number of hydrogen-bond donors (Lipinski definition) is 2. The number of halogens is 3. The Bertz CT molecular complexity index is 1330. The molecular weight excluding hydrogens is 444 g/mol. The number of carbonyl (C=O) groups excluding carboxylic acids is 4. The number of nitrogens with zero attached hydrogens (tertiary/aromatic N) is 1. The molecule has 2 heterocycles. The zero-order valence-corrected chi connectivity index (χ0v) is 17.0. The van der Waals surface area contributed by atoms with Crippen molar-refractivity contribution in [1.29, 1.82) is 0 Å². The molecule has 0 aromatic heterocycles. The predicted molar refractivity (Wildman–Crippen MR) is 110 cm³/mol. The molecule has 1 saturated heterocycles. The number of alkyl halides is 2. The summed E-state index contributed by atoms with van der Waals surface area (Å²) < 4.78 is 70.0. The van der Waals surface area contributed by atoms with Crippen molar-refractivity contribution in [2.24, 2.45) is 0 Å². The maximum atomic E-state index is 14.8. The topological polar surface area (TPSA) is 95.6 Å². The van der Waals surface area contributed by atoms with Gasteiger partial charge in [-0.05, 0) is 35.7 Å². The summed E-state index contributed by atoms with van der Waals surface area (Å²) >= 11 is 5.68. The Morgan fingerprint density at radius 1 is 1.31 bits per heavy atom. The second-order valence-electron chi connectivity index (χ2n) is 7.13. The third-order valence-corrected chi connectivity index (χ3v) is 5.30. The quantitative estimate of drug-likeness (QED) is 0.662. The molecular formula is C22H18ClF2N3O4. The van der Waals surface area contributed by atoms with E-state index < -0.39 is 58.5 Å². The van der Waals surface area contributed by atoms with Gasteiger partial charge in [-0.2, -0.15) is 8.78 Å². The van der Waals surface area contributed by atoms with Crippen molar-refractivity contribution in [3.63, 3.8) is 0 Å². The van der Waals surface area contributed by atoms with E-state index in [4.69, 9.17) is 18.5 Å². The van der Waals surface area contributed by atoms with Crippen LogP contribution in [0.25, 0.3) is 0 Å². The molecule has 4 amide bonds. The molecule has 166 valence electrons. The van der Waals surface area contributed by atoms with Gasteiger partial charge in [0.05, 0.1) is 4.11 Å². The molecule has 0 aliphatic carbocycles. The first-order valence-corrected chi connectivity index (χ1v) is 9.79. The number of hydrogen-bond acceptors (Lipinski definition) is 4. The first kappa shape index (κ1) is 16.3. The zero-order chi connectivity index (χ0) is 27.5. The lowest BCUT2D eigenvalue weighted by Gasteiger charge is -2.29. The molecule has 1 fully saturated rings. The number of imide groups is 1. The Morgan fingerprint density at radius 2 is 2.03 bits per heavy atom. The van der Waals surface area contributed by atoms with Crippen LogP contribution in [0.2, 0.25) is 7.85 Å². The van der Waals surface area contributed by atoms with Crippen LogP contribution < -0.4 is 10.6 Å². The van der Waals surface area contributed by atoms with Crippen molar-refractivity contribution in [3.8, 4) is 0 Å². The van der Waals surface area contributed by atoms with E-state index >= 15 is 0 Å². The Kier molecular flexibility index (Phi) is 4.24. The minimum atomic E-state index is -4.25. The van der Waals surface area contributed by atoms with Gasteiger partial charge in [0, 0.05) is 35.6 Å². The third-order valence-electron chi connectivity index (χ3n) is 5.05. The van der Waals surface area contributed by atoms with Gasteiger partial charge >= 0.3 is 5.92 Å². The molecule has 2 aliphatic rings. The lowest BCUT2D eigenvalue weighted by molar-refractivity contribution is -0.147. The molecule has 7 nitrogen and oxygen atoms in total. The van der Waals surface area contributed by atoms with Gasteiger partial charge in [-0.15, -0.1) is 0 Å². The molecule has 2 N–H and O–H groups in total. The van der Waals surface area contributed by atoms with Crippen molar-refractivity contribution in [1.82, 2.24) is 15.5 Å². The third kappa shape index (κ3) is 4.08. The van der Waals surface area contributed by atoms with Gasteiger partial charge in [-0.1, -0.05) is 35.9 Å². The highest BCUT2D eigenvalue weighted by atomic mass is 35.5. The van der Waals surface area contributed by atoms with Crippen molar-refractivity contribution in [2.45, 2.75) is 37.8 Å². The zero-order valence-electron chi connectivity index (χ0n) is 21.3. The second kappa shape index (κ2) is 8.31. The number of benzene rings is 2. The molecule has 2 aliphatic heterocycles. The summed E-state index contributed by atoms with van der Waals surface area (Å²) in [5.41, 5.74) is -1.08. The highest BCUT2D eigenvalue weighted by molar-refractivity contribution is 6.30. The van der Waals surface area contributed by atoms with Gasteiger partial charge in [0.15, 0.2) is 2.82 Å². The van der Waals surface area contributed by atoms with Crippen LogP contribution in [0.15, 0.2) is 42.5 Å². The van der Waals surface area contributed by atoms with Crippen LogP contribution in [-0.4, -0.2) is 34.5 Å². The summed E-state index contributed by atoms with van der Waals surface area (Å²) in [5.74, 6) is -9.20. The largest absolute Gasteiger partial charge is 0.349 e. The minimum absolute atomic E-state index is 0.0123. The molecule has 0 bridgehead atoms. The maximum absolute atomic E-state index is 14.8. The summed E-state index contributed by atoms with van der Waals surface area (Å²) in [6, 6.07) is 5.02. The number of rotatable bonds is 5. The van der Waals surface area contributed by atoms with E-state index in [9.17, 15) is 28.0 Å². The first-order valence-electron chi connectivity index (χ1n) is 11.8. The van der Waals surface area contributed by atoms with Crippen LogP contribution in [0.5, 0.6) is 0 Å². The summed E-state index contributed by atoms with van der Waals surface area (Å²) in [7, 11) is 0. The minimum Gasteiger partial charge on any atom is -0.346 e. The van der Waals surface area contributed by atoms with E-state index in [1.54, 1.807) is 0 Å². The average molecular weight is 467 g/mol. The van der Waals surface area contributed by atoms with Gasteiger partial charge in [0.1, 0.15) is 6.02 Å². The summed E-state index contributed by atoms with van der Waals surface area (Å²) in [5, 5.41) is -0.322. The normalized spacial score (nSPS) is 23.7. The summed E-state index contributed by atoms with van der Waals surface area (Å²) in [6.07, 6.45) is -0.660. The predicted octanol–water partition coefficient (Wildman–Crippen LogP) is 2.51. The molecule has 0 radical (unpaired) electrons. The van der Waals surface area contributed by atoms with Gasteiger partial charge in [0.2, 0.25) is 11.8 Å². The Labute approximate surface area is 193 Å². The average Bonchev–Trinajstić information content (AvgIpc) is 3.20. The number of nitrogens with one attached hydrogen (secondary N) is 2. The first-order chi connectivity index (χ1) is 17.1. The smallest absolute Gasteiger partial charge is 0.346 e. The van der Waals surface area contributed by atoms with Crippen LogP contribution in [-0.2, 0) is 33.3 Å². The lowest BCUT2D eigenvalue weighted by Crippen LogP contribution is -2.52. The lowest BCUT2D eigenvalue weighted by atomic mass is 10.0. The van der Waals surface area contributed by atoms with Gasteiger partial charge in [-0.3, -0.25) is 24.5 Å². The van der Waals surface area contributed by atoms with E-state index in [1.807, 2.05) is 0 Å². The molecule has 0 saturated carbocycles. The summed E-state index contributed by atoms with van der Waals surface area (Å²) in [6.45, 7) is -3.44. The van der Waals surface area contributed by atoms with Gasteiger partial charge in [-0.25, -0.2) is 0 Å². The van der Waals surface area contributed by atoms with Crippen LogP contribution in [0.3, 0.4) is 0 Å². The van der Waals surface area contributed by atoms with E-state index in [1.165, 1.54) is 0 Å². The van der Waals surface area contributed by atoms with Gasteiger partial charge in [0.25, 0.3) is 11.8 Å². The fourth-order valence-electron chi connectivity index (χ4n) is 3.39. The number of amides is 4. The SMILES string of the molecule is [2H]N1C(=O)CC[C@]([2H])(N2Cc3cc(C([2H])([2H])N([2H])C(=O)C(F)(F)c4ccc(Cl)cc4)ccc3C2=O)C1=O. The molecule has 1 atom stereocenters. The van der Waals surface area contributed by atoms with Gasteiger partial charge < -0.3 is 10.2 Å².